The highest BCUT2D eigenvalue weighted by atomic mass is 15.8. The van der Waals surface area contributed by atoms with Crippen molar-refractivity contribution < 1.29 is 0 Å². The van der Waals surface area contributed by atoms with Crippen LogP contribution in [0, 0.1) is 0 Å². The van der Waals surface area contributed by atoms with E-state index in [4.69, 9.17) is 0 Å². The fraction of sp³-hybridized carbons (Fsp3) is 0.400. The first kappa shape index (κ1) is 14.9. The lowest BCUT2D eigenvalue weighted by Crippen LogP contribution is -2.40. The van der Waals surface area contributed by atoms with E-state index in [1.807, 2.05) is 0 Å². The first-order chi connectivity index (χ1) is 11.4. The van der Waals surface area contributed by atoms with E-state index in [-0.39, 0.29) is 0 Å². The number of benzene rings is 2. The Morgan fingerprint density at radius 2 is 1.13 bits per heavy atom. The van der Waals surface area contributed by atoms with Crippen molar-refractivity contribution in [2.75, 3.05) is 0 Å². The topological polar surface area (TPSA) is 18.5 Å². The Morgan fingerprint density at radius 1 is 0.696 bits per heavy atom. The molecule has 4 rings (SSSR count). The van der Waals surface area contributed by atoms with Gasteiger partial charge < -0.3 is 0 Å². The monoisotopic (exact) mass is 307 g/mol. The number of hydrazine groups is 2. The minimum absolute atomic E-state index is 0.632. The Balaban J connectivity index is 1.50. The minimum Gasteiger partial charge on any atom is -0.222 e. The maximum absolute atomic E-state index is 3.70. The number of fused-ring (bicyclic) bond motifs is 1. The second kappa shape index (κ2) is 6.83. The number of nitrogens with one attached hydrogen (secondary N) is 1. The van der Waals surface area contributed by atoms with Gasteiger partial charge in [0.15, 0.2) is 0 Å². The van der Waals surface area contributed by atoms with Gasteiger partial charge in [0, 0.05) is 25.2 Å². The molecule has 1 saturated heterocycles. The van der Waals surface area contributed by atoms with Gasteiger partial charge in [0.25, 0.3) is 0 Å². The number of hydrogen-bond donors (Lipinski definition) is 1. The molecule has 3 heteroatoms. The standard InChI is InChI=1S/C20H25N3/c1-3-9-17(10-4-1)15-22-19-13-7-8-14-20(19)23(21-22)16-18-11-5-2-6-12-18/h1-6,9-12,19-21H,7-8,13-16H2/t19-,20-/m0/s1. The summed E-state index contributed by atoms with van der Waals surface area (Å²) in [4.78, 5) is 0. The summed E-state index contributed by atoms with van der Waals surface area (Å²) in [5.74, 6) is 0. The molecule has 0 aromatic heterocycles. The molecule has 2 aromatic rings. The van der Waals surface area contributed by atoms with Crippen LogP contribution in [0.1, 0.15) is 36.8 Å². The number of hydrogen-bond acceptors (Lipinski definition) is 3. The summed E-state index contributed by atoms with van der Waals surface area (Å²) in [5, 5.41) is 4.92. The van der Waals surface area contributed by atoms with Crippen molar-refractivity contribution in [1.29, 1.82) is 0 Å². The van der Waals surface area contributed by atoms with Gasteiger partial charge >= 0.3 is 0 Å². The van der Waals surface area contributed by atoms with E-state index in [1.54, 1.807) is 0 Å². The SMILES string of the molecule is c1ccc(CN2NN(Cc3ccccc3)[C@H]3CCCC[C@@H]32)cc1. The van der Waals surface area contributed by atoms with Crippen LogP contribution < -0.4 is 5.53 Å². The van der Waals surface area contributed by atoms with Gasteiger partial charge in [0.2, 0.25) is 0 Å². The molecule has 3 nitrogen and oxygen atoms in total. The Labute approximate surface area is 138 Å². The fourth-order valence-electron chi connectivity index (χ4n) is 4.00. The second-order valence-electron chi connectivity index (χ2n) is 6.75. The summed E-state index contributed by atoms with van der Waals surface area (Å²) >= 11 is 0. The smallest absolute Gasteiger partial charge is 0.0430 e. The molecule has 23 heavy (non-hydrogen) atoms. The molecule has 0 radical (unpaired) electrons. The van der Waals surface area contributed by atoms with Crippen molar-refractivity contribution >= 4 is 0 Å². The molecule has 1 saturated carbocycles. The highest BCUT2D eigenvalue weighted by Crippen LogP contribution is 2.32. The second-order valence-corrected chi connectivity index (χ2v) is 6.75. The highest BCUT2D eigenvalue weighted by molar-refractivity contribution is 5.16. The normalized spacial score (nSPS) is 25.4. The van der Waals surface area contributed by atoms with Gasteiger partial charge in [-0.1, -0.05) is 73.5 Å². The van der Waals surface area contributed by atoms with Crippen molar-refractivity contribution in [3.8, 4) is 0 Å². The summed E-state index contributed by atoms with van der Waals surface area (Å²) < 4.78 is 0. The molecule has 2 aromatic carbocycles. The van der Waals surface area contributed by atoms with Crippen molar-refractivity contribution in [3.63, 3.8) is 0 Å². The first-order valence-corrected chi connectivity index (χ1v) is 8.77. The van der Waals surface area contributed by atoms with Crippen molar-refractivity contribution in [2.24, 2.45) is 0 Å². The fourth-order valence-corrected chi connectivity index (χ4v) is 4.00. The van der Waals surface area contributed by atoms with Crippen LogP contribution in [-0.2, 0) is 13.1 Å². The molecule has 1 aliphatic heterocycles. The Hall–Kier alpha value is -1.68. The third-order valence-corrected chi connectivity index (χ3v) is 5.14. The van der Waals surface area contributed by atoms with Crippen LogP contribution >= 0.6 is 0 Å². The van der Waals surface area contributed by atoms with Gasteiger partial charge in [-0.15, -0.1) is 0 Å². The summed E-state index contributed by atoms with van der Waals surface area (Å²) in [6.07, 6.45) is 5.31. The zero-order valence-corrected chi connectivity index (χ0v) is 13.6. The average Bonchev–Trinajstić information content (AvgIpc) is 2.95. The van der Waals surface area contributed by atoms with Crippen LogP contribution in [0.15, 0.2) is 60.7 Å². The van der Waals surface area contributed by atoms with E-state index in [9.17, 15) is 0 Å². The molecule has 2 atom stereocenters. The molecule has 1 aliphatic carbocycles. The lowest BCUT2D eigenvalue weighted by Gasteiger charge is -2.30. The Morgan fingerprint density at radius 3 is 1.57 bits per heavy atom. The molecular formula is C20H25N3. The predicted molar refractivity (Wildman–Crippen MR) is 93.1 cm³/mol. The van der Waals surface area contributed by atoms with Crippen LogP contribution in [0.25, 0.3) is 0 Å². The molecule has 1 heterocycles. The summed E-state index contributed by atoms with van der Waals surface area (Å²) in [6.45, 7) is 1.96. The molecule has 2 fully saturated rings. The predicted octanol–water partition coefficient (Wildman–Crippen LogP) is 3.74. The third kappa shape index (κ3) is 3.32. The largest absolute Gasteiger partial charge is 0.222 e. The number of rotatable bonds is 4. The molecule has 2 aliphatic rings. The lowest BCUT2D eigenvalue weighted by molar-refractivity contribution is 0.0847. The van der Waals surface area contributed by atoms with Crippen molar-refractivity contribution in [1.82, 2.24) is 15.6 Å². The quantitative estimate of drug-likeness (QED) is 0.928. The van der Waals surface area contributed by atoms with E-state index in [0.717, 1.165) is 13.1 Å². The van der Waals surface area contributed by atoms with Gasteiger partial charge in [-0.2, -0.15) is 5.53 Å². The molecule has 0 unspecified atom stereocenters. The van der Waals surface area contributed by atoms with Crippen LogP contribution in [0.3, 0.4) is 0 Å². The Bertz CT molecular complexity index is 558. The van der Waals surface area contributed by atoms with E-state index in [1.165, 1.54) is 36.8 Å². The van der Waals surface area contributed by atoms with Gasteiger partial charge in [-0.05, 0) is 24.0 Å². The zero-order valence-electron chi connectivity index (χ0n) is 13.6. The molecule has 0 bridgehead atoms. The van der Waals surface area contributed by atoms with Gasteiger partial charge in [0.05, 0.1) is 0 Å². The van der Waals surface area contributed by atoms with Gasteiger partial charge in [0.1, 0.15) is 0 Å². The van der Waals surface area contributed by atoms with E-state index in [0.29, 0.717) is 12.1 Å². The third-order valence-electron chi connectivity index (χ3n) is 5.14. The minimum atomic E-state index is 0.632. The van der Waals surface area contributed by atoms with E-state index >= 15 is 0 Å². The zero-order chi connectivity index (χ0) is 15.5. The maximum atomic E-state index is 3.70. The average molecular weight is 307 g/mol. The van der Waals surface area contributed by atoms with Crippen LogP contribution in [-0.4, -0.2) is 22.1 Å². The maximum Gasteiger partial charge on any atom is 0.0430 e. The lowest BCUT2D eigenvalue weighted by atomic mass is 9.90. The molecular weight excluding hydrogens is 282 g/mol. The summed E-state index contributed by atoms with van der Waals surface area (Å²) in [7, 11) is 0. The molecule has 0 spiro atoms. The van der Waals surface area contributed by atoms with E-state index < -0.39 is 0 Å². The molecule has 0 amide bonds. The van der Waals surface area contributed by atoms with Gasteiger partial charge in [-0.25, -0.2) is 10.0 Å². The number of nitrogens with zero attached hydrogens (tertiary/aromatic N) is 2. The van der Waals surface area contributed by atoms with Crippen molar-refractivity contribution in [3.05, 3.63) is 71.8 Å². The van der Waals surface area contributed by atoms with Gasteiger partial charge in [-0.3, -0.25) is 0 Å². The highest BCUT2D eigenvalue weighted by Gasteiger charge is 2.40. The van der Waals surface area contributed by atoms with Crippen LogP contribution in [0.2, 0.25) is 0 Å². The van der Waals surface area contributed by atoms with Crippen LogP contribution in [0.4, 0.5) is 0 Å². The molecule has 1 N–H and O–H groups in total. The first-order valence-electron chi connectivity index (χ1n) is 8.77. The summed E-state index contributed by atoms with van der Waals surface area (Å²) in [6, 6.07) is 22.9. The summed E-state index contributed by atoms with van der Waals surface area (Å²) in [5.41, 5.74) is 6.46. The molecule has 120 valence electrons. The van der Waals surface area contributed by atoms with Crippen molar-refractivity contribution in [2.45, 2.75) is 50.9 Å². The van der Waals surface area contributed by atoms with Crippen LogP contribution in [0.5, 0.6) is 0 Å². The Kier molecular flexibility index (Phi) is 4.42. The van der Waals surface area contributed by atoms with E-state index in [2.05, 4.69) is 76.2 Å².